The number of carbonyl (C=O) groups is 1. The molecule has 2 heterocycles. The lowest BCUT2D eigenvalue weighted by atomic mass is 10.0. The molecule has 92 valence electrons. The van der Waals surface area contributed by atoms with E-state index in [4.69, 9.17) is 14.4 Å². The number of aryl methyl sites for hydroxylation is 1. The highest BCUT2D eigenvalue weighted by molar-refractivity contribution is 5.85. The molecule has 1 aromatic heterocycles. The lowest BCUT2D eigenvalue weighted by molar-refractivity contribution is 0.0652. The topological polar surface area (TPSA) is 72.6 Å². The summed E-state index contributed by atoms with van der Waals surface area (Å²) in [5, 5.41) is 12.5. The van der Waals surface area contributed by atoms with Crippen LogP contribution in [0.15, 0.2) is 28.8 Å². The van der Waals surface area contributed by atoms with Crippen molar-refractivity contribution in [3.8, 4) is 17.0 Å². The molecule has 0 spiro atoms. The molecule has 0 atom stereocenters. The average molecular weight is 245 g/mol. The first-order chi connectivity index (χ1) is 8.74. The van der Waals surface area contributed by atoms with Gasteiger partial charge in [-0.15, -0.1) is 0 Å². The molecule has 1 aromatic carbocycles. The molecule has 0 radical (unpaired) electrons. The first-order valence-electron chi connectivity index (χ1n) is 5.70. The summed E-state index contributed by atoms with van der Waals surface area (Å²) in [4.78, 5) is 10.7. The number of aromatic nitrogens is 1. The van der Waals surface area contributed by atoms with Crippen LogP contribution in [0.3, 0.4) is 0 Å². The summed E-state index contributed by atoms with van der Waals surface area (Å²) in [6.07, 6.45) is 2.04. The van der Waals surface area contributed by atoms with E-state index in [2.05, 4.69) is 5.16 Å². The van der Waals surface area contributed by atoms with Crippen LogP contribution in [-0.4, -0.2) is 22.8 Å². The van der Waals surface area contributed by atoms with E-state index in [1.54, 1.807) is 0 Å². The zero-order valence-corrected chi connectivity index (χ0v) is 9.55. The second kappa shape index (κ2) is 4.18. The molecule has 5 heteroatoms. The molecular weight excluding hydrogens is 234 g/mol. The highest BCUT2D eigenvalue weighted by Crippen LogP contribution is 2.30. The van der Waals surface area contributed by atoms with Crippen LogP contribution in [-0.2, 0) is 6.42 Å². The fraction of sp³-hybridized carbons (Fsp3) is 0.231. The van der Waals surface area contributed by atoms with Crippen LogP contribution in [0.25, 0.3) is 11.3 Å². The van der Waals surface area contributed by atoms with Gasteiger partial charge in [-0.05, 0) is 24.5 Å². The molecule has 0 amide bonds. The summed E-state index contributed by atoms with van der Waals surface area (Å²) < 4.78 is 10.3. The summed E-state index contributed by atoms with van der Waals surface area (Å²) in [5.74, 6) is -0.440. The molecule has 0 saturated carbocycles. The number of fused-ring (bicyclic) bond motifs is 1. The maximum atomic E-state index is 10.7. The van der Waals surface area contributed by atoms with Gasteiger partial charge in [0, 0.05) is 11.6 Å². The summed E-state index contributed by atoms with van der Waals surface area (Å²) in [6, 6.07) is 7.17. The minimum absolute atomic E-state index is 0.163. The van der Waals surface area contributed by atoms with Gasteiger partial charge in [0.25, 0.3) is 0 Å². The minimum Gasteiger partial charge on any atom is -0.493 e. The number of aromatic carboxylic acids is 1. The minimum atomic E-state index is -1.12. The van der Waals surface area contributed by atoms with Crippen LogP contribution in [0.4, 0.5) is 0 Å². The van der Waals surface area contributed by atoms with Crippen molar-refractivity contribution in [2.75, 3.05) is 6.61 Å². The van der Waals surface area contributed by atoms with Crippen molar-refractivity contribution < 1.29 is 19.2 Å². The molecule has 1 N–H and O–H groups in total. The van der Waals surface area contributed by atoms with Crippen LogP contribution in [0.2, 0.25) is 0 Å². The Bertz CT molecular complexity index is 603. The standard InChI is InChI=1S/C13H11NO4/c15-13(16)12-7-10(14-18-12)9-4-3-8-2-1-5-17-11(8)6-9/h3-4,6-7H,1-2,5H2,(H,15,16). The third-order valence-corrected chi connectivity index (χ3v) is 2.93. The van der Waals surface area contributed by atoms with Gasteiger partial charge in [-0.3, -0.25) is 0 Å². The first kappa shape index (κ1) is 10.8. The number of ether oxygens (including phenoxy) is 1. The molecule has 0 aliphatic carbocycles. The van der Waals surface area contributed by atoms with Crippen molar-refractivity contribution in [2.45, 2.75) is 12.8 Å². The van der Waals surface area contributed by atoms with Crippen molar-refractivity contribution >= 4 is 5.97 Å². The van der Waals surface area contributed by atoms with Crippen molar-refractivity contribution in [1.29, 1.82) is 0 Å². The third-order valence-electron chi connectivity index (χ3n) is 2.93. The Morgan fingerprint density at radius 2 is 2.22 bits per heavy atom. The number of rotatable bonds is 2. The van der Waals surface area contributed by atoms with E-state index in [0.29, 0.717) is 5.69 Å². The van der Waals surface area contributed by atoms with E-state index in [-0.39, 0.29) is 5.76 Å². The quantitative estimate of drug-likeness (QED) is 0.879. The summed E-state index contributed by atoms with van der Waals surface area (Å²) in [6.45, 7) is 0.718. The fourth-order valence-electron chi connectivity index (χ4n) is 2.01. The molecule has 0 unspecified atom stereocenters. The van der Waals surface area contributed by atoms with Crippen LogP contribution < -0.4 is 4.74 Å². The van der Waals surface area contributed by atoms with Gasteiger partial charge < -0.3 is 14.4 Å². The lowest BCUT2D eigenvalue weighted by Gasteiger charge is -2.17. The summed E-state index contributed by atoms with van der Waals surface area (Å²) in [7, 11) is 0. The summed E-state index contributed by atoms with van der Waals surface area (Å²) in [5.41, 5.74) is 2.48. The molecular formula is C13H11NO4. The van der Waals surface area contributed by atoms with Crippen molar-refractivity contribution in [2.24, 2.45) is 0 Å². The second-order valence-electron chi connectivity index (χ2n) is 4.16. The maximum Gasteiger partial charge on any atom is 0.374 e. The molecule has 1 aliphatic heterocycles. The predicted octanol–water partition coefficient (Wildman–Crippen LogP) is 2.36. The normalized spacial score (nSPS) is 13.8. The second-order valence-corrected chi connectivity index (χ2v) is 4.16. The van der Waals surface area contributed by atoms with E-state index in [1.807, 2.05) is 18.2 Å². The lowest BCUT2D eigenvalue weighted by Crippen LogP contribution is -2.07. The number of carboxylic acid groups (broad SMARTS) is 1. The molecule has 18 heavy (non-hydrogen) atoms. The van der Waals surface area contributed by atoms with Crippen molar-refractivity contribution in [3.63, 3.8) is 0 Å². The number of benzene rings is 1. The van der Waals surface area contributed by atoms with E-state index < -0.39 is 5.97 Å². The molecule has 3 rings (SSSR count). The van der Waals surface area contributed by atoms with Crippen LogP contribution >= 0.6 is 0 Å². The molecule has 1 aliphatic rings. The highest BCUT2D eigenvalue weighted by atomic mass is 16.5. The maximum absolute atomic E-state index is 10.7. The monoisotopic (exact) mass is 245 g/mol. The molecule has 0 saturated heterocycles. The Balaban J connectivity index is 1.98. The zero-order chi connectivity index (χ0) is 12.5. The molecule has 2 aromatic rings. The number of hydrogen-bond donors (Lipinski definition) is 1. The van der Waals surface area contributed by atoms with Gasteiger partial charge in [0.1, 0.15) is 11.4 Å². The Labute approximate surface area is 103 Å². The van der Waals surface area contributed by atoms with Crippen LogP contribution in [0, 0.1) is 0 Å². The first-order valence-corrected chi connectivity index (χ1v) is 5.70. The largest absolute Gasteiger partial charge is 0.493 e. The van der Waals surface area contributed by atoms with Crippen molar-refractivity contribution in [3.05, 3.63) is 35.6 Å². The highest BCUT2D eigenvalue weighted by Gasteiger charge is 2.15. The van der Waals surface area contributed by atoms with Crippen LogP contribution in [0.5, 0.6) is 5.75 Å². The van der Waals surface area contributed by atoms with Gasteiger partial charge in [-0.1, -0.05) is 17.3 Å². The number of carboxylic acids is 1. The van der Waals surface area contributed by atoms with E-state index >= 15 is 0 Å². The number of nitrogens with zero attached hydrogens (tertiary/aromatic N) is 1. The molecule has 5 nitrogen and oxygen atoms in total. The van der Waals surface area contributed by atoms with E-state index in [1.165, 1.54) is 11.6 Å². The number of hydrogen-bond acceptors (Lipinski definition) is 4. The summed E-state index contributed by atoms with van der Waals surface area (Å²) >= 11 is 0. The van der Waals surface area contributed by atoms with Gasteiger partial charge in [0.05, 0.1) is 6.61 Å². The molecule has 0 fully saturated rings. The fourth-order valence-corrected chi connectivity index (χ4v) is 2.01. The Kier molecular flexibility index (Phi) is 2.51. The zero-order valence-electron chi connectivity index (χ0n) is 9.55. The Morgan fingerprint density at radius 3 is 3.00 bits per heavy atom. The van der Waals surface area contributed by atoms with Gasteiger partial charge in [0.15, 0.2) is 0 Å². The van der Waals surface area contributed by atoms with Gasteiger partial charge in [0.2, 0.25) is 5.76 Å². The van der Waals surface area contributed by atoms with Gasteiger partial charge in [-0.2, -0.15) is 0 Å². The molecule has 0 bridgehead atoms. The third kappa shape index (κ3) is 1.84. The predicted molar refractivity (Wildman–Crippen MR) is 62.7 cm³/mol. The SMILES string of the molecule is O=C(O)c1cc(-c2ccc3c(c2)OCCC3)no1. The smallest absolute Gasteiger partial charge is 0.374 e. The van der Waals surface area contributed by atoms with E-state index in [9.17, 15) is 4.79 Å². The Hall–Kier alpha value is -2.30. The Morgan fingerprint density at radius 1 is 1.33 bits per heavy atom. The van der Waals surface area contributed by atoms with Gasteiger partial charge in [-0.25, -0.2) is 4.79 Å². The van der Waals surface area contributed by atoms with E-state index in [0.717, 1.165) is 30.8 Å². The average Bonchev–Trinajstić information content (AvgIpc) is 2.88. The van der Waals surface area contributed by atoms with Crippen molar-refractivity contribution in [1.82, 2.24) is 5.16 Å². The van der Waals surface area contributed by atoms with Gasteiger partial charge >= 0.3 is 5.97 Å². The van der Waals surface area contributed by atoms with Crippen LogP contribution in [0.1, 0.15) is 22.5 Å².